The normalized spacial score (nSPS) is 12.2. The van der Waals surface area contributed by atoms with E-state index in [-0.39, 0.29) is 6.04 Å². The van der Waals surface area contributed by atoms with Gasteiger partial charge in [-0.3, -0.25) is 0 Å². The Morgan fingerprint density at radius 1 is 1.10 bits per heavy atom. The molecule has 1 atom stereocenters. The van der Waals surface area contributed by atoms with Gasteiger partial charge in [0.25, 0.3) is 0 Å². The second-order valence-electron chi connectivity index (χ2n) is 5.04. The first-order valence-corrected chi connectivity index (χ1v) is 8.55. The van der Waals surface area contributed by atoms with E-state index in [0.717, 1.165) is 32.2 Å². The number of ether oxygens (including phenoxy) is 1. The fourth-order valence-electron chi connectivity index (χ4n) is 2.12. The van der Waals surface area contributed by atoms with Crippen LogP contribution >= 0.6 is 31.9 Å². The smallest absolute Gasteiger partial charge is 0.133 e. The van der Waals surface area contributed by atoms with Crippen molar-refractivity contribution in [2.75, 3.05) is 6.61 Å². The maximum Gasteiger partial charge on any atom is 0.133 e. The number of aryl methyl sites for hydroxylation is 1. The number of hydrogen-bond donors (Lipinski definition) is 1. The Morgan fingerprint density at radius 2 is 1.86 bits per heavy atom. The first-order chi connectivity index (χ1) is 10.0. The van der Waals surface area contributed by atoms with Gasteiger partial charge in [0.15, 0.2) is 0 Å². The minimum Gasteiger partial charge on any atom is -0.492 e. The van der Waals surface area contributed by atoms with Crippen LogP contribution in [0.4, 0.5) is 0 Å². The van der Waals surface area contributed by atoms with Crippen LogP contribution in [0, 0.1) is 6.92 Å². The van der Waals surface area contributed by atoms with Crippen molar-refractivity contribution in [3.8, 4) is 5.75 Å². The van der Waals surface area contributed by atoms with Gasteiger partial charge in [0.2, 0.25) is 0 Å². The van der Waals surface area contributed by atoms with Crippen LogP contribution in [0.3, 0.4) is 0 Å². The van der Waals surface area contributed by atoms with E-state index in [1.165, 1.54) is 5.56 Å². The van der Waals surface area contributed by atoms with Gasteiger partial charge in [-0.1, -0.05) is 46.6 Å². The van der Waals surface area contributed by atoms with Gasteiger partial charge < -0.3 is 10.5 Å². The van der Waals surface area contributed by atoms with Gasteiger partial charge in [-0.25, -0.2) is 0 Å². The number of hydrogen-bond acceptors (Lipinski definition) is 2. The first kappa shape index (κ1) is 16.5. The van der Waals surface area contributed by atoms with Crippen molar-refractivity contribution in [3.63, 3.8) is 0 Å². The predicted octanol–water partition coefficient (Wildman–Crippen LogP) is 5.36. The molecule has 0 fully saturated rings. The summed E-state index contributed by atoms with van der Waals surface area (Å²) in [5, 5.41) is 0. The largest absolute Gasteiger partial charge is 0.492 e. The van der Waals surface area contributed by atoms with Crippen LogP contribution < -0.4 is 10.5 Å². The average molecular weight is 413 g/mol. The molecule has 2 aromatic rings. The monoisotopic (exact) mass is 411 g/mol. The Kier molecular flexibility index (Phi) is 5.85. The molecule has 0 heterocycles. The van der Waals surface area contributed by atoms with Crippen LogP contribution in [-0.2, 0) is 0 Å². The highest BCUT2D eigenvalue weighted by atomic mass is 79.9. The maximum atomic E-state index is 6.41. The van der Waals surface area contributed by atoms with Crippen molar-refractivity contribution < 1.29 is 4.74 Å². The number of nitrogens with two attached hydrogens (primary N) is 1. The summed E-state index contributed by atoms with van der Waals surface area (Å²) < 4.78 is 7.64. The molecule has 2 nitrogen and oxygen atoms in total. The van der Waals surface area contributed by atoms with Crippen LogP contribution in [0.1, 0.15) is 36.1 Å². The van der Waals surface area contributed by atoms with Gasteiger partial charge >= 0.3 is 0 Å². The molecule has 0 amide bonds. The van der Waals surface area contributed by atoms with Crippen molar-refractivity contribution >= 4 is 31.9 Å². The molecule has 4 heteroatoms. The van der Waals surface area contributed by atoms with Crippen LogP contribution in [-0.4, -0.2) is 6.61 Å². The second kappa shape index (κ2) is 7.43. The molecule has 0 spiro atoms. The molecule has 21 heavy (non-hydrogen) atoms. The third-order valence-corrected chi connectivity index (χ3v) is 4.61. The van der Waals surface area contributed by atoms with Crippen molar-refractivity contribution in [3.05, 3.63) is 62.0 Å². The van der Waals surface area contributed by atoms with Crippen LogP contribution in [0.25, 0.3) is 0 Å². The molecule has 0 bridgehead atoms. The summed E-state index contributed by atoms with van der Waals surface area (Å²) in [7, 11) is 0. The molecule has 0 saturated carbocycles. The Morgan fingerprint density at radius 3 is 2.52 bits per heavy atom. The minimum atomic E-state index is -0.171. The van der Waals surface area contributed by atoms with Gasteiger partial charge in [-0.2, -0.15) is 0 Å². The Labute approximate surface area is 143 Å². The molecule has 0 aliphatic heterocycles. The molecule has 0 saturated heterocycles. The predicted molar refractivity (Wildman–Crippen MR) is 94.8 cm³/mol. The fourth-order valence-corrected chi connectivity index (χ4v) is 3.12. The van der Waals surface area contributed by atoms with E-state index in [0.29, 0.717) is 6.61 Å². The molecule has 0 aromatic heterocycles. The highest BCUT2D eigenvalue weighted by Crippen LogP contribution is 2.32. The summed E-state index contributed by atoms with van der Waals surface area (Å²) in [6.07, 6.45) is 0.990. The lowest BCUT2D eigenvalue weighted by molar-refractivity contribution is 0.315. The van der Waals surface area contributed by atoms with Crippen molar-refractivity contribution in [2.24, 2.45) is 5.73 Å². The van der Waals surface area contributed by atoms with Crippen molar-refractivity contribution in [1.82, 2.24) is 0 Å². The second-order valence-corrected chi connectivity index (χ2v) is 6.75. The highest BCUT2D eigenvalue weighted by molar-refractivity contribution is 9.10. The zero-order chi connectivity index (χ0) is 15.4. The lowest BCUT2D eigenvalue weighted by atomic mass is 9.98. The molecular weight excluding hydrogens is 394 g/mol. The van der Waals surface area contributed by atoms with Gasteiger partial charge in [0.05, 0.1) is 17.1 Å². The minimum absolute atomic E-state index is 0.171. The molecule has 0 radical (unpaired) electrons. The molecule has 1 unspecified atom stereocenters. The molecule has 2 rings (SSSR count). The van der Waals surface area contributed by atoms with E-state index in [1.54, 1.807) is 0 Å². The van der Waals surface area contributed by atoms with Gasteiger partial charge in [-0.15, -0.1) is 0 Å². The van der Waals surface area contributed by atoms with E-state index >= 15 is 0 Å². The van der Waals surface area contributed by atoms with Crippen molar-refractivity contribution in [1.29, 1.82) is 0 Å². The summed E-state index contributed by atoms with van der Waals surface area (Å²) in [6.45, 7) is 4.88. The van der Waals surface area contributed by atoms with Crippen LogP contribution in [0.15, 0.2) is 45.3 Å². The number of rotatable bonds is 5. The van der Waals surface area contributed by atoms with E-state index in [1.807, 2.05) is 24.3 Å². The fraction of sp³-hybridized carbons (Fsp3) is 0.294. The summed E-state index contributed by atoms with van der Waals surface area (Å²) in [6, 6.07) is 12.1. The molecule has 2 N–H and O–H groups in total. The third kappa shape index (κ3) is 4.09. The summed E-state index contributed by atoms with van der Waals surface area (Å²) in [5.74, 6) is 0.858. The SMILES string of the molecule is CCCOc1ccc(C(N)c2cc(C)ccc2Br)cc1Br. The zero-order valence-electron chi connectivity index (χ0n) is 12.2. The van der Waals surface area contributed by atoms with Gasteiger partial charge in [-0.05, 0) is 58.6 Å². The van der Waals surface area contributed by atoms with E-state index < -0.39 is 0 Å². The lowest BCUT2D eigenvalue weighted by Crippen LogP contribution is -2.13. The Balaban J connectivity index is 2.29. The van der Waals surface area contributed by atoms with E-state index in [2.05, 4.69) is 57.8 Å². The van der Waals surface area contributed by atoms with Crippen LogP contribution in [0.5, 0.6) is 5.75 Å². The average Bonchev–Trinajstić information content (AvgIpc) is 2.47. The first-order valence-electron chi connectivity index (χ1n) is 6.96. The number of halogens is 2. The molecular formula is C17H19Br2NO. The topological polar surface area (TPSA) is 35.2 Å². The van der Waals surface area contributed by atoms with Crippen molar-refractivity contribution in [2.45, 2.75) is 26.3 Å². The molecule has 0 aliphatic carbocycles. The zero-order valence-corrected chi connectivity index (χ0v) is 15.4. The maximum absolute atomic E-state index is 6.41. The Hall–Kier alpha value is -0.840. The summed E-state index contributed by atoms with van der Waals surface area (Å²) in [4.78, 5) is 0. The molecule has 112 valence electrons. The lowest BCUT2D eigenvalue weighted by Gasteiger charge is -2.17. The quantitative estimate of drug-likeness (QED) is 0.717. The van der Waals surface area contributed by atoms with Crippen LogP contribution in [0.2, 0.25) is 0 Å². The summed E-state index contributed by atoms with van der Waals surface area (Å²) >= 11 is 7.14. The van der Waals surface area contributed by atoms with E-state index in [4.69, 9.17) is 10.5 Å². The molecule has 0 aliphatic rings. The van der Waals surface area contributed by atoms with Gasteiger partial charge in [0.1, 0.15) is 5.75 Å². The Bertz CT molecular complexity index is 628. The highest BCUT2D eigenvalue weighted by Gasteiger charge is 2.14. The van der Waals surface area contributed by atoms with Gasteiger partial charge in [0, 0.05) is 4.47 Å². The van der Waals surface area contributed by atoms with E-state index in [9.17, 15) is 0 Å². The number of benzene rings is 2. The standard InChI is InChI=1S/C17H19Br2NO/c1-3-8-21-16-7-5-12(10-15(16)19)17(20)13-9-11(2)4-6-14(13)18/h4-7,9-10,17H,3,8,20H2,1-2H3. The molecule has 2 aromatic carbocycles. The summed E-state index contributed by atoms with van der Waals surface area (Å²) in [5.41, 5.74) is 9.75. The third-order valence-electron chi connectivity index (χ3n) is 3.26.